The number of hydrogen-bond donors (Lipinski definition) is 4. The molecule has 2 saturated heterocycles. The van der Waals surface area contributed by atoms with Crippen molar-refractivity contribution >= 4 is 17.5 Å². The van der Waals surface area contributed by atoms with Crippen molar-refractivity contribution in [2.24, 2.45) is 0 Å². The molecule has 2 aromatic rings. The van der Waals surface area contributed by atoms with E-state index < -0.39 is 12.2 Å². The van der Waals surface area contributed by atoms with E-state index in [1.54, 1.807) is 5.48 Å². The van der Waals surface area contributed by atoms with Crippen molar-refractivity contribution in [3.63, 3.8) is 0 Å². The summed E-state index contributed by atoms with van der Waals surface area (Å²) in [6, 6.07) is 15.4. The maximum Gasteiger partial charge on any atom is 0.243 e. The highest BCUT2D eigenvalue weighted by Crippen LogP contribution is 2.38. The largest absolute Gasteiger partial charge is 0.392 e. The van der Waals surface area contributed by atoms with Gasteiger partial charge in [0.1, 0.15) is 0 Å². The quantitative estimate of drug-likeness (QED) is 0.197. The molecule has 0 saturated carbocycles. The van der Waals surface area contributed by atoms with Crippen molar-refractivity contribution in [3.05, 3.63) is 65.2 Å². The van der Waals surface area contributed by atoms with Crippen LogP contribution in [0.2, 0.25) is 0 Å². The highest BCUT2D eigenvalue weighted by Gasteiger charge is 2.33. The summed E-state index contributed by atoms with van der Waals surface area (Å²) in [5, 5.41) is 20.9. The molecule has 9 nitrogen and oxygen atoms in total. The molecule has 2 aliphatic heterocycles. The van der Waals surface area contributed by atoms with Crippen LogP contribution in [0, 0.1) is 0 Å². The van der Waals surface area contributed by atoms with Gasteiger partial charge in [0.2, 0.25) is 11.8 Å². The third-order valence-corrected chi connectivity index (χ3v) is 7.15. The van der Waals surface area contributed by atoms with Gasteiger partial charge in [0.25, 0.3) is 0 Å². The number of aliphatic hydroxyl groups excluding tert-OH is 1. The number of nitrogens with one attached hydrogen (secondary N) is 2. The van der Waals surface area contributed by atoms with Gasteiger partial charge in [0.05, 0.1) is 18.8 Å². The van der Waals surface area contributed by atoms with Crippen LogP contribution in [0.5, 0.6) is 0 Å². The van der Waals surface area contributed by atoms with Crippen LogP contribution in [0.1, 0.15) is 80.5 Å². The Hall–Kier alpha value is -2.82. The molecule has 3 atom stereocenters. The van der Waals surface area contributed by atoms with Gasteiger partial charge in [0.15, 0.2) is 6.29 Å². The second-order valence-electron chi connectivity index (χ2n) is 10.1. The van der Waals surface area contributed by atoms with Crippen molar-refractivity contribution in [2.75, 3.05) is 25.0 Å². The predicted molar refractivity (Wildman–Crippen MR) is 142 cm³/mol. The fraction of sp³-hybridized carbons (Fsp3) is 0.517. The molecule has 38 heavy (non-hydrogen) atoms. The van der Waals surface area contributed by atoms with Gasteiger partial charge >= 0.3 is 0 Å². The molecule has 2 fully saturated rings. The van der Waals surface area contributed by atoms with Crippen molar-refractivity contribution in [2.45, 2.75) is 76.5 Å². The Labute approximate surface area is 224 Å². The first-order chi connectivity index (χ1) is 18.5. The van der Waals surface area contributed by atoms with Gasteiger partial charge in [-0.3, -0.25) is 14.8 Å². The number of carbonyl (C=O) groups excluding carboxylic acids is 2. The van der Waals surface area contributed by atoms with E-state index in [1.165, 1.54) is 19.3 Å². The summed E-state index contributed by atoms with van der Waals surface area (Å²) >= 11 is 0. The third-order valence-electron chi connectivity index (χ3n) is 7.15. The van der Waals surface area contributed by atoms with Crippen molar-refractivity contribution in [3.8, 4) is 0 Å². The summed E-state index contributed by atoms with van der Waals surface area (Å²) in [5.41, 5.74) is 5.01. The zero-order valence-electron chi connectivity index (χ0n) is 21.8. The van der Waals surface area contributed by atoms with Gasteiger partial charge in [-0.2, -0.15) is 0 Å². The average Bonchev–Trinajstić information content (AvgIpc) is 2.95. The van der Waals surface area contributed by atoms with Gasteiger partial charge < -0.3 is 24.8 Å². The van der Waals surface area contributed by atoms with Crippen LogP contribution in [-0.4, -0.2) is 52.8 Å². The van der Waals surface area contributed by atoms with Crippen LogP contribution in [0.3, 0.4) is 0 Å². The molecular weight excluding hydrogens is 486 g/mol. The number of rotatable bonds is 11. The summed E-state index contributed by atoms with van der Waals surface area (Å²) in [5.74, 6) is -0.589. The van der Waals surface area contributed by atoms with Crippen LogP contribution in [0.4, 0.5) is 5.69 Å². The molecule has 0 bridgehead atoms. The summed E-state index contributed by atoms with van der Waals surface area (Å²) in [4.78, 5) is 26.0. The monoisotopic (exact) mass is 525 g/mol. The Kier molecular flexibility index (Phi) is 10.7. The lowest BCUT2D eigenvalue weighted by Crippen LogP contribution is -2.41. The molecule has 0 aliphatic carbocycles. The van der Waals surface area contributed by atoms with Gasteiger partial charge in [-0.15, -0.1) is 0 Å². The third kappa shape index (κ3) is 8.34. The van der Waals surface area contributed by atoms with E-state index in [-0.39, 0.29) is 37.6 Å². The number of hydrogen-bond acceptors (Lipinski definition) is 7. The van der Waals surface area contributed by atoms with Gasteiger partial charge in [-0.1, -0.05) is 42.8 Å². The Morgan fingerprint density at radius 1 is 0.921 bits per heavy atom. The first kappa shape index (κ1) is 28.2. The standard InChI is InChI=1S/C29H39N3O6/c33-20-21-11-13-22(14-12-21)26-18-25(19-32-15-4-1-5-16-32)37-29(38-26)23-7-6-8-24(17-23)30-27(34)9-2-3-10-28(35)31-36/h6-8,11-14,17,25-26,29,33,36H,1-5,9-10,15-16,18-20H2,(H,30,34)(H,31,35). The second kappa shape index (κ2) is 14.4. The number of unbranched alkanes of at least 4 members (excludes halogenated alkanes) is 1. The minimum absolute atomic E-state index is 0.00346. The molecule has 4 N–H and O–H groups in total. The molecule has 2 heterocycles. The van der Waals surface area contributed by atoms with Gasteiger partial charge in [-0.05, 0) is 62.0 Å². The molecule has 4 rings (SSSR count). The molecular formula is C29H39N3O6. The number of benzene rings is 2. The first-order valence-corrected chi connectivity index (χ1v) is 13.6. The van der Waals surface area contributed by atoms with Crippen LogP contribution in [-0.2, 0) is 25.7 Å². The van der Waals surface area contributed by atoms with E-state index in [0.717, 1.165) is 42.7 Å². The average molecular weight is 526 g/mol. The van der Waals surface area contributed by atoms with E-state index in [4.69, 9.17) is 14.7 Å². The summed E-state index contributed by atoms with van der Waals surface area (Å²) < 4.78 is 12.9. The van der Waals surface area contributed by atoms with Gasteiger partial charge in [-0.25, -0.2) is 5.48 Å². The maximum absolute atomic E-state index is 12.4. The van der Waals surface area contributed by atoms with E-state index in [9.17, 15) is 14.7 Å². The smallest absolute Gasteiger partial charge is 0.243 e. The molecule has 9 heteroatoms. The number of anilines is 1. The van der Waals surface area contributed by atoms with Gasteiger partial charge in [0, 0.05) is 37.1 Å². The first-order valence-electron chi connectivity index (χ1n) is 13.6. The Morgan fingerprint density at radius 2 is 1.66 bits per heavy atom. The van der Waals surface area contributed by atoms with Crippen LogP contribution in [0.25, 0.3) is 0 Å². The SMILES string of the molecule is O=C(CCCCC(=O)Nc1cccc(C2OC(CN3CCCCC3)CC(c3ccc(CO)cc3)O2)c1)NO. The van der Waals surface area contributed by atoms with Crippen LogP contribution in [0.15, 0.2) is 48.5 Å². The topological polar surface area (TPSA) is 120 Å². The Morgan fingerprint density at radius 3 is 2.37 bits per heavy atom. The van der Waals surface area contributed by atoms with Crippen LogP contribution < -0.4 is 10.8 Å². The number of likely N-dealkylation sites (tertiary alicyclic amines) is 1. The highest BCUT2D eigenvalue weighted by atomic mass is 16.7. The predicted octanol–water partition coefficient (Wildman–Crippen LogP) is 4.21. The number of nitrogens with zero attached hydrogens (tertiary/aromatic N) is 1. The maximum atomic E-state index is 12.4. The number of amides is 2. The second-order valence-corrected chi connectivity index (χ2v) is 10.1. The molecule has 0 radical (unpaired) electrons. The van der Waals surface area contributed by atoms with E-state index >= 15 is 0 Å². The number of ether oxygens (including phenoxy) is 2. The number of hydroxylamine groups is 1. The minimum atomic E-state index is -0.574. The van der Waals surface area contributed by atoms with Crippen molar-refractivity contribution in [1.29, 1.82) is 0 Å². The van der Waals surface area contributed by atoms with E-state index in [1.807, 2.05) is 48.5 Å². The minimum Gasteiger partial charge on any atom is -0.392 e. The summed E-state index contributed by atoms with van der Waals surface area (Å²) in [7, 11) is 0. The number of aliphatic hydroxyl groups is 1. The number of carbonyl (C=O) groups is 2. The van der Waals surface area contributed by atoms with E-state index in [2.05, 4.69) is 10.2 Å². The molecule has 206 valence electrons. The molecule has 0 aromatic heterocycles. The number of piperidine rings is 1. The lowest BCUT2D eigenvalue weighted by Gasteiger charge is -2.39. The Bertz CT molecular complexity index is 1040. The Balaban J connectivity index is 1.42. The lowest BCUT2D eigenvalue weighted by atomic mass is 9.99. The van der Waals surface area contributed by atoms with Crippen molar-refractivity contribution in [1.82, 2.24) is 10.4 Å². The van der Waals surface area contributed by atoms with E-state index in [0.29, 0.717) is 18.5 Å². The zero-order valence-corrected chi connectivity index (χ0v) is 21.8. The normalized spacial score (nSPS) is 22.1. The molecule has 2 amide bonds. The lowest BCUT2D eigenvalue weighted by molar-refractivity contribution is -0.253. The summed E-state index contributed by atoms with van der Waals surface area (Å²) in [6.07, 6.45) is 5.27. The van der Waals surface area contributed by atoms with Crippen molar-refractivity contribution < 1.29 is 29.4 Å². The summed E-state index contributed by atoms with van der Waals surface area (Å²) in [6.45, 7) is 3.04. The zero-order chi connectivity index (χ0) is 26.7. The fourth-order valence-electron chi connectivity index (χ4n) is 5.08. The molecule has 3 unspecified atom stereocenters. The molecule has 0 spiro atoms. The van der Waals surface area contributed by atoms with Crippen LogP contribution >= 0.6 is 0 Å². The molecule has 2 aromatic carbocycles. The fourth-order valence-corrected chi connectivity index (χ4v) is 5.08. The highest BCUT2D eigenvalue weighted by molar-refractivity contribution is 5.90. The molecule has 2 aliphatic rings.